The number of hydrogen-bond donors (Lipinski definition) is 1. The van der Waals surface area contributed by atoms with Crippen LogP contribution in [-0.2, 0) is 11.3 Å². The standard InChI is InChI=1S/C16H22N2O/c1-12(14-7-8-14)18(15(19)16(17)9-10-16)11-13-5-3-2-4-6-13/h2-6,12,14H,7-11,17H2,1H3. The van der Waals surface area contributed by atoms with Crippen molar-refractivity contribution in [3.8, 4) is 0 Å². The fraction of sp³-hybridized carbons (Fsp3) is 0.562. The number of amides is 1. The lowest BCUT2D eigenvalue weighted by atomic mass is 10.1. The van der Waals surface area contributed by atoms with Crippen LogP contribution in [0.15, 0.2) is 30.3 Å². The molecule has 1 aromatic carbocycles. The van der Waals surface area contributed by atoms with Gasteiger partial charge < -0.3 is 10.6 Å². The summed E-state index contributed by atoms with van der Waals surface area (Å²) in [7, 11) is 0. The van der Waals surface area contributed by atoms with E-state index in [1.165, 1.54) is 18.4 Å². The average molecular weight is 258 g/mol. The van der Waals surface area contributed by atoms with E-state index in [-0.39, 0.29) is 5.91 Å². The number of carbonyl (C=O) groups excluding carboxylic acids is 1. The summed E-state index contributed by atoms with van der Waals surface area (Å²) in [4.78, 5) is 14.6. The molecule has 0 heterocycles. The second-order valence-corrected chi connectivity index (χ2v) is 6.15. The molecule has 0 saturated heterocycles. The molecule has 3 rings (SSSR count). The van der Waals surface area contributed by atoms with Gasteiger partial charge in [-0.1, -0.05) is 30.3 Å². The lowest BCUT2D eigenvalue weighted by Gasteiger charge is -2.32. The zero-order valence-electron chi connectivity index (χ0n) is 11.5. The lowest BCUT2D eigenvalue weighted by Crippen LogP contribution is -2.49. The first-order chi connectivity index (χ1) is 9.10. The quantitative estimate of drug-likeness (QED) is 0.881. The van der Waals surface area contributed by atoms with Crippen molar-refractivity contribution in [2.75, 3.05) is 0 Å². The van der Waals surface area contributed by atoms with Gasteiger partial charge in [0.1, 0.15) is 0 Å². The Morgan fingerprint density at radius 1 is 1.37 bits per heavy atom. The van der Waals surface area contributed by atoms with E-state index in [4.69, 9.17) is 5.73 Å². The van der Waals surface area contributed by atoms with Crippen LogP contribution >= 0.6 is 0 Å². The summed E-state index contributed by atoms with van der Waals surface area (Å²) in [6, 6.07) is 10.5. The number of hydrogen-bond acceptors (Lipinski definition) is 2. The predicted molar refractivity (Wildman–Crippen MR) is 75.3 cm³/mol. The highest BCUT2D eigenvalue weighted by Crippen LogP contribution is 2.40. The maximum absolute atomic E-state index is 12.6. The van der Waals surface area contributed by atoms with Gasteiger partial charge in [0.2, 0.25) is 5.91 Å². The molecule has 2 saturated carbocycles. The van der Waals surface area contributed by atoms with Crippen molar-refractivity contribution in [1.29, 1.82) is 0 Å². The average Bonchev–Trinajstić information content (AvgIpc) is 3.31. The Morgan fingerprint density at radius 3 is 2.53 bits per heavy atom. The number of carbonyl (C=O) groups is 1. The van der Waals surface area contributed by atoms with Gasteiger partial charge in [0, 0.05) is 12.6 Å². The molecule has 1 amide bonds. The van der Waals surface area contributed by atoms with Crippen molar-refractivity contribution in [3.05, 3.63) is 35.9 Å². The van der Waals surface area contributed by atoms with Crippen LogP contribution in [0.25, 0.3) is 0 Å². The molecule has 0 aliphatic heterocycles. The fourth-order valence-electron chi connectivity index (χ4n) is 2.65. The Morgan fingerprint density at radius 2 is 2.00 bits per heavy atom. The minimum absolute atomic E-state index is 0.149. The van der Waals surface area contributed by atoms with E-state index in [9.17, 15) is 4.79 Å². The first-order valence-electron chi connectivity index (χ1n) is 7.24. The van der Waals surface area contributed by atoms with Crippen LogP contribution in [0.3, 0.4) is 0 Å². The van der Waals surface area contributed by atoms with E-state index in [1.54, 1.807) is 0 Å². The third-order valence-electron chi connectivity index (χ3n) is 4.47. The van der Waals surface area contributed by atoms with E-state index >= 15 is 0 Å². The zero-order chi connectivity index (χ0) is 13.5. The second kappa shape index (κ2) is 4.64. The highest BCUT2D eigenvalue weighted by atomic mass is 16.2. The minimum Gasteiger partial charge on any atom is -0.334 e. The summed E-state index contributed by atoms with van der Waals surface area (Å²) in [5.41, 5.74) is 6.74. The Kier molecular flexibility index (Phi) is 3.09. The number of nitrogens with zero attached hydrogens (tertiary/aromatic N) is 1. The van der Waals surface area contributed by atoms with E-state index in [1.807, 2.05) is 23.1 Å². The summed E-state index contributed by atoms with van der Waals surface area (Å²) in [5.74, 6) is 0.825. The molecular formula is C16H22N2O. The van der Waals surface area contributed by atoms with E-state index in [0.29, 0.717) is 18.5 Å². The van der Waals surface area contributed by atoms with Crippen molar-refractivity contribution in [2.45, 2.75) is 50.7 Å². The van der Waals surface area contributed by atoms with Crippen LogP contribution in [0.5, 0.6) is 0 Å². The first kappa shape index (κ1) is 12.7. The molecule has 2 fully saturated rings. The molecule has 19 heavy (non-hydrogen) atoms. The van der Waals surface area contributed by atoms with Gasteiger partial charge in [0.05, 0.1) is 5.54 Å². The highest BCUT2D eigenvalue weighted by molar-refractivity contribution is 5.89. The third-order valence-corrected chi connectivity index (χ3v) is 4.47. The van der Waals surface area contributed by atoms with Crippen LogP contribution in [0.1, 0.15) is 38.2 Å². The van der Waals surface area contributed by atoms with Gasteiger partial charge in [-0.15, -0.1) is 0 Å². The predicted octanol–water partition coefficient (Wildman–Crippen LogP) is 2.31. The summed E-state index contributed by atoms with van der Waals surface area (Å²) in [6.45, 7) is 2.86. The van der Waals surface area contributed by atoms with Gasteiger partial charge in [-0.3, -0.25) is 4.79 Å². The van der Waals surface area contributed by atoms with Gasteiger partial charge in [0.25, 0.3) is 0 Å². The van der Waals surface area contributed by atoms with Crippen LogP contribution < -0.4 is 5.73 Å². The van der Waals surface area contributed by atoms with Crippen LogP contribution in [-0.4, -0.2) is 22.4 Å². The zero-order valence-corrected chi connectivity index (χ0v) is 11.5. The molecule has 0 radical (unpaired) electrons. The number of nitrogens with two attached hydrogens (primary N) is 1. The molecule has 0 bridgehead atoms. The second-order valence-electron chi connectivity index (χ2n) is 6.15. The molecule has 0 spiro atoms. The molecule has 3 nitrogen and oxygen atoms in total. The third kappa shape index (κ3) is 2.66. The fourth-order valence-corrected chi connectivity index (χ4v) is 2.65. The van der Waals surface area contributed by atoms with Gasteiger partial charge in [-0.2, -0.15) is 0 Å². The van der Waals surface area contributed by atoms with E-state index in [2.05, 4.69) is 19.1 Å². The Balaban J connectivity index is 1.77. The van der Waals surface area contributed by atoms with Crippen LogP contribution in [0.2, 0.25) is 0 Å². The van der Waals surface area contributed by atoms with Crippen molar-refractivity contribution in [2.24, 2.45) is 11.7 Å². The molecule has 2 N–H and O–H groups in total. The van der Waals surface area contributed by atoms with Gasteiger partial charge in [0.15, 0.2) is 0 Å². The summed E-state index contributed by atoms with van der Waals surface area (Å²) >= 11 is 0. The Bertz CT molecular complexity index is 463. The van der Waals surface area contributed by atoms with Crippen molar-refractivity contribution in [3.63, 3.8) is 0 Å². The first-order valence-corrected chi connectivity index (χ1v) is 7.24. The van der Waals surface area contributed by atoms with Gasteiger partial charge in [-0.25, -0.2) is 0 Å². The maximum Gasteiger partial charge on any atom is 0.243 e. The van der Waals surface area contributed by atoms with Crippen LogP contribution in [0, 0.1) is 5.92 Å². The smallest absolute Gasteiger partial charge is 0.243 e. The van der Waals surface area contributed by atoms with Crippen molar-refractivity contribution in [1.82, 2.24) is 4.90 Å². The molecule has 1 atom stereocenters. The molecule has 0 aromatic heterocycles. The van der Waals surface area contributed by atoms with Crippen molar-refractivity contribution >= 4 is 5.91 Å². The number of rotatable bonds is 5. The topological polar surface area (TPSA) is 46.3 Å². The maximum atomic E-state index is 12.6. The van der Waals surface area contributed by atoms with Gasteiger partial charge in [-0.05, 0) is 44.1 Å². The molecule has 2 aliphatic rings. The molecule has 2 aliphatic carbocycles. The number of benzene rings is 1. The highest BCUT2D eigenvalue weighted by Gasteiger charge is 2.50. The summed E-state index contributed by atoms with van der Waals surface area (Å²) in [6.07, 6.45) is 4.18. The monoisotopic (exact) mass is 258 g/mol. The van der Waals surface area contributed by atoms with Crippen LogP contribution in [0.4, 0.5) is 0 Å². The largest absolute Gasteiger partial charge is 0.334 e. The normalized spacial score (nSPS) is 21.8. The molecule has 102 valence electrons. The molecule has 3 heteroatoms. The van der Waals surface area contributed by atoms with E-state index < -0.39 is 5.54 Å². The minimum atomic E-state index is -0.558. The van der Waals surface area contributed by atoms with E-state index in [0.717, 1.165) is 12.8 Å². The Labute approximate surface area is 114 Å². The summed E-state index contributed by atoms with van der Waals surface area (Å²) in [5, 5.41) is 0. The molecule has 1 aromatic rings. The summed E-state index contributed by atoms with van der Waals surface area (Å²) < 4.78 is 0. The lowest BCUT2D eigenvalue weighted by molar-refractivity contribution is -0.136. The SMILES string of the molecule is CC(C1CC1)N(Cc1ccccc1)C(=O)C1(N)CC1. The molecular weight excluding hydrogens is 236 g/mol. The van der Waals surface area contributed by atoms with Gasteiger partial charge >= 0.3 is 0 Å². The molecule has 1 unspecified atom stereocenters. The van der Waals surface area contributed by atoms with Crippen molar-refractivity contribution < 1.29 is 4.79 Å². The Hall–Kier alpha value is -1.35.